The van der Waals surface area contributed by atoms with Crippen LogP contribution in [0.5, 0.6) is 0 Å². The summed E-state index contributed by atoms with van der Waals surface area (Å²) in [5, 5.41) is 9.44. The van der Waals surface area contributed by atoms with Gasteiger partial charge in [-0.25, -0.2) is 0 Å². The number of benzene rings is 1. The number of rotatable bonds is 3. The van der Waals surface area contributed by atoms with Crippen molar-refractivity contribution < 1.29 is 0 Å². The molecule has 1 aromatic carbocycles. The minimum absolute atomic E-state index is 0.167. The number of hydrogen-bond donors (Lipinski definition) is 1. The van der Waals surface area contributed by atoms with E-state index in [0.29, 0.717) is 0 Å². The van der Waals surface area contributed by atoms with E-state index >= 15 is 0 Å². The molecule has 1 atom stereocenters. The molecule has 1 N–H and O–H groups in total. The van der Waals surface area contributed by atoms with Gasteiger partial charge < -0.3 is 9.88 Å². The first-order valence-electron chi connectivity index (χ1n) is 7.36. The molecule has 0 spiro atoms. The van der Waals surface area contributed by atoms with Gasteiger partial charge in [-0.05, 0) is 36.8 Å². The number of anilines is 1. The number of nitrogens with zero attached hydrogens (tertiary/aromatic N) is 3. The van der Waals surface area contributed by atoms with E-state index in [1.807, 2.05) is 18.3 Å². The van der Waals surface area contributed by atoms with Crippen molar-refractivity contribution in [2.75, 3.05) is 31.1 Å². The Balaban J connectivity index is 1.66. The highest BCUT2D eigenvalue weighted by atomic mass is 15.3. The number of H-pyrrole nitrogens is 1. The minimum atomic E-state index is -0.167. The van der Waals surface area contributed by atoms with Gasteiger partial charge >= 0.3 is 0 Å². The van der Waals surface area contributed by atoms with Crippen LogP contribution >= 0.6 is 0 Å². The molecule has 2 heterocycles. The SMILES string of the molecule is Cc1cccc(N2CCN(C(C#N)c3ccc[nH]3)CC2)c1. The molecule has 1 unspecified atom stereocenters. The molecular weight excluding hydrogens is 260 g/mol. The molecule has 4 heteroatoms. The van der Waals surface area contributed by atoms with E-state index in [0.717, 1.165) is 31.9 Å². The quantitative estimate of drug-likeness (QED) is 0.940. The van der Waals surface area contributed by atoms with Gasteiger partial charge in [0.05, 0.1) is 6.07 Å². The van der Waals surface area contributed by atoms with Gasteiger partial charge in [0.1, 0.15) is 6.04 Å². The third kappa shape index (κ3) is 2.93. The summed E-state index contributed by atoms with van der Waals surface area (Å²) in [5.41, 5.74) is 3.56. The summed E-state index contributed by atoms with van der Waals surface area (Å²) < 4.78 is 0. The van der Waals surface area contributed by atoms with Crippen molar-refractivity contribution in [1.29, 1.82) is 5.26 Å². The van der Waals surface area contributed by atoms with Gasteiger partial charge in [-0.2, -0.15) is 5.26 Å². The largest absolute Gasteiger partial charge is 0.369 e. The lowest BCUT2D eigenvalue weighted by molar-refractivity contribution is 0.219. The van der Waals surface area contributed by atoms with Crippen LogP contribution < -0.4 is 4.90 Å². The molecule has 3 rings (SSSR count). The molecule has 0 amide bonds. The first-order chi connectivity index (χ1) is 10.3. The number of hydrogen-bond acceptors (Lipinski definition) is 3. The molecule has 1 fully saturated rings. The van der Waals surface area contributed by atoms with Gasteiger partial charge in [-0.3, -0.25) is 4.90 Å². The smallest absolute Gasteiger partial charge is 0.138 e. The summed E-state index contributed by atoms with van der Waals surface area (Å²) in [6.07, 6.45) is 1.88. The Bertz CT molecular complexity index is 618. The molecule has 1 aromatic heterocycles. The molecule has 0 bridgehead atoms. The van der Waals surface area contributed by atoms with Crippen LogP contribution in [0, 0.1) is 18.3 Å². The summed E-state index contributed by atoms with van der Waals surface area (Å²) in [7, 11) is 0. The van der Waals surface area contributed by atoms with Crippen molar-refractivity contribution >= 4 is 5.69 Å². The normalized spacial score (nSPS) is 17.4. The zero-order chi connectivity index (χ0) is 14.7. The lowest BCUT2D eigenvalue weighted by Gasteiger charge is -2.38. The Hall–Kier alpha value is -2.25. The zero-order valence-electron chi connectivity index (χ0n) is 12.3. The summed E-state index contributed by atoms with van der Waals surface area (Å²) in [4.78, 5) is 7.80. The van der Waals surface area contributed by atoms with Crippen molar-refractivity contribution in [3.63, 3.8) is 0 Å². The molecule has 4 nitrogen and oxygen atoms in total. The molecule has 0 aliphatic carbocycles. The number of nitrogens with one attached hydrogen (secondary N) is 1. The highest BCUT2D eigenvalue weighted by molar-refractivity contribution is 5.48. The van der Waals surface area contributed by atoms with E-state index in [1.165, 1.54) is 11.3 Å². The van der Waals surface area contributed by atoms with Gasteiger partial charge in [0.15, 0.2) is 0 Å². The van der Waals surface area contributed by atoms with E-state index in [-0.39, 0.29) is 6.04 Å². The van der Waals surface area contributed by atoms with Gasteiger partial charge in [0, 0.05) is 43.8 Å². The van der Waals surface area contributed by atoms with Crippen LogP contribution in [0.3, 0.4) is 0 Å². The van der Waals surface area contributed by atoms with Crippen molar-refractivity contribution in [2.45, 2.75) is 13.0 Å². The maximum atomic E-state index is 9.44. The molecule has 21 heavy (non-hydrogen) atoms. The van der Waals surface area contributed by atoms with Crippen LogP contribution in [0.15, 0.2) is 42.6 Å². The van der Waals surface area contributed by atoms with E-state index in [9.17, 15) is 5.26 Å². The average Bonchev–Trinajstić information content (AvgIpc) is 3.03. The third-order valence-corrected chi connectivity index (χ3v) is 4.09. The van der Waals surface area contributed by atoms with Crippen molar-refractivity contribution in [3.8, 4) is 6.07 Å². The molecule has 1 aliphatic rings. The van der Waals surface area contributed by atoms with Crippen LogP contribution in [0.4, 0.5) is 5.69 Å². The average molecular weight is 280 g/mol. The number of aromatic nitrogens is 1. The van der Waals surface area contributed by atoms with E-state index in [1.54, 1.807) is 0 Å². The van der Waals surface area contributed by atoms with Crippen molar-refractivity contribution in [3.05, 3.63) is 53.9 Å². The summed E-state index contributed by atoms with van der Waals surface area (Å²) >= 11 is 0. The minimum Gasteiger partial charge on any atom is -0.369 e. The molecule has 1 saturated heterocycles. The Morgan fingerprint density at radius 3 is 2.57 bits per heavy atom. The zero-order valence-corrected chi connectivity index (χ0v) is 12.3. The maximum Gasteiger partial charge on any atom is 0.138 e. The predicted molar refractivity (Wildman–Crippen MR) is 84.1 cm³/mol. The van der Waals surface area contributed by atoms with E-state index in [2.05, 4.69) is 52.0 Å². The highest BCUT2D eigenvalue weighted by Gasteiger charge is 2.25. The number of nitriles is 1. The predicted octanol–water partition coefficient (Wildman–Crippen LogP) is 2.71. The van der Waals surface area contributed by atoms with Gasteiger partial charge in [0.25, 0.3) is 0 Å². The molecule has 0 saturated carbocycles. The van der Waals surface area contributed by atoms with Gasteiger partial charge in [-0.1, -0.05) is 12.1 Å². The van der Waals surface area contributed by atoms with Crippen molar-refractivity contribution in [2.24, 2.45) is 0 Å². The maximum absolute atomic E-state index is 9.44. The first-order valence-corrected chi connectivity index (χ1v) is 7.36. The van der Waals surface area contributed by atoms with Crippen LogP contribution in [0.25, 0.3) is 0 Å². The molecule has 2 aromatic rings. The summed E-state index contributed by atoms with van der Waals surface area (Å²) in [6.45, 7) is 5.86. The van der Waals surface area contributed by atoms with Crippen LogP contribution in [0.2, 0.25) is 0 Å². The van der Waals surface area contributed by atoms with Gasteiger partial charge in [0.2, 0.25) is 0 Å². The lowest BCUT2D eigenvalue weighted by Crippen LogP contribution is -2.47. The fourth-order valence-electron chi connectivity index (χ4n) is 2.93. The molecular formula is C17H20N4. The molecule has 0 radical (unpaired) electrons. The van der Waals surface area contributed by atoms with Crippen LogP contribution in [-0.4, -0.2) is 36.1 Å². The van der Waals surface area contributed by atoms with Crippen LogP contribution in [-0.2, 0) is 0 Å². The van der Waals surface area contributed by atoms with Crippen LogP contribution in [0.1, 0.15) is 17.3 Å². The Morgan fingerprint density at radius 2 is 1.95 bits per heavy atom. The Morgan fingerprint density at radius 1 is 1.14 bits per heavy atom. The van der Waals surface area contributed by atoms with Crippen molar-refractivity contribution in [1.82, 2.24) is 9.88 Å². The molecule has 108 valence electrons. The lowest BCUT2D eigenvalue weighted by atomic mass is 10.1. The fraction of sp³-hybridized carbons (Fsp3) is 0.353. The standard InChI is InChI=1S/C17H20N4/c1-14-4-2-5-15(12-14)20-8-10-21(11-9-20)17(13-18)16-6-3-7-19-16/h2-7,12,17,19H,8-11H2,1H3. The second-order valence-corrected chi connectivity index (χ2v) is 5.52. The third-order valence-electron chi connectivity index (χ3n) is 4.09. The summed E-state index contributed by atoms with van der Waals surface area (Å²) in [5.74, 6) is 0. The van der Waals surface area contributed by atoms with E-state index in [4.69, 9.17) is 0 Å². The molecule has 1 aliphatic heterocycles. The second-order valence-electron chi connectivity index (χ2n) is 5.52. The second kappa shape index (κ2) is 6.02. The fourth-order valence-corrected chi connectivity index (χ4v) is 2.93. The van der Waals surface area contributed by atoms with Gasteiger partial charge in [-0.15, -0.1) is 0 Å². The summed E-state index contributed by atoms with van der Waals surface area (Å²) in [6, 6.07) is 14.8. The Labute approximate surface area is 125 Å². The van der Waals surface area contributed by atoms with E-state index < -0.39 is 0 Å². The topological polar surface area (TPSA) is 46.1 Å². The first kappa shape index (κ1) is 13.7. The monoisotopic (exact) mass is 280 g/mol. The number of aromatic amines is 1. The Kier molecular flexibility index (Phi) is 3.94. The number of piperazine rings is 1. The highest BCUT2D eigenvalue weighted by Crippen LogP contribution is 2.23. The number of aryl methyl sites for hydroxylation is 1.